The normalized spacial score (nSPS) is 24.5. The largest absolute Gasteiger partial charge is 0.452 e. The molecule has 148 valence electrons. The van der Waals surface area contributed by atoms with Crippen molar-refractivity contribution in [2.24, 2.45) is 5.92 Å². The van der Waals surface area contributed by atoms with Crippen molar-refractivity contribution in [3.8, 4) is 0 Å². The summed E-state index contributed by atoms with van der Waals surface area (Å²) >= 11 is 0. The number of urea groups is 1. The lowest BCUT2D eigenvalue weighted by Crippen LogP contribution is -2.52. The van der Waals surface area contributed by atoms with Crippen LogP contribution in [0.1, 0.15) is 38.2 Å². The number of amides is 4. The topological polar surface area (TPSA) is 105 Å². The van der Waals surface area contributed by atoms with Crippen LogP contribution in [0.4, 0.5) is 4.79 Å². The lowest BCUT2D eigenvalue weighted by atomic mass is 9.77. The van der Waals surface area contributed by atoms with Gasteiger partial charge in [-0.15, -0.1) is 0 Å². The van der Waals surface area contributed by atoms with Gasteiger partial charge < -0.3 is 10.1 Å². The number of hydrazine groups is 1. The third-order valence-electron chi connectivity index (χ3n) is 5.08. The van der Waals surface area contributed by atoms with E-state index >= 15 is 0 Å². The fraction of sp³-hybridized carbons (Fsp3) is 0.400. The van der Waals surface area contributed by atoms with Gasteiger partial charge in [-0.1, -0.05) is 37.3 Å². The average Bonchev–Trinajstić information content (AvgIpc) is 2.92. The van der Waals surface area contributed by atoms with Gasteiger partial charge in [0.15, 0.2) is 6.61 Å². The first-order valence-corrected chi connectivity index (χ1v) is 9.26. The first kappa shape index (κ1) is 19.6. The van der Waals surface area contributed by atoms with Crippen LogP contribution in [0.15, 0.2) is 36.4 Å². The molecule has 2 fully saturated rings. The molecule has 1 aliphatic carbocycles. The van der Waals surface area contributed by atoms with E-state index < -0.39 is 36.0 Å². The highest BCUT2D eigenvalue weighted by Crippen LogP contribution is 2.35. The summed E-state index contributed by atoms with van der Waals surface area (Å²) in [5, 5.41) is 3.39. The number of ether oxygens (including phenoxy) is 1. The number of benzene rings is 1. The number of hydrogen-bond donors (Lipinski definition) is 2. The highest BCUT2D eigenvalue weighted by molar-refractivity contribution is 6.08. The highest BCUT2D eigenvalue weighted by atomic mass is 16.5. The van der Waals surface area contributed by atoms with Crippen molar-refractivity contribution in [2.75, 3.05) is 6.61 Å². The summed E-state index contributed by atoms with van der Waals surface area (Å²) in [5.74, 6) is -1.42. The third-order valence-corrected chi connectivity index (χ3v) is 5.08. The molecule has 0 bridgehead atoms. The van der Waals surface area contributed by atoms with E-state index in [1.807, 2.05) is 30.3 Å². The van der Waals surface area contributed by atoms with Crippen molar-refractivity contribution in [1.29, 1.82) is 0 Å². The van der Waals surface area contributed by atoms with Gasteiger partial charge in [-0.3, -0.25) is 15.0 Å². The Morgan fingerprint density at radius 1 is 1.25 bits per heavy atom. The molecule has 1 aromatic rings. The maximum absolute atomic E-state index is 12.6. The van der Waals surface area contributed by atoms with Gasteiger partial charge in [-0.05, 0) is 43.2 Å². The third kappa shape index (κ3) is 4.39. The summed E-state index contributed by atoms with van der Waals surface area (Å²) < 4.78 is 4.85. The number of nitrogens with zero attached hydrogens (tertiary/aromatic N) is 1. The standard InChI is InChI=1S/C20H23N3O5/c1-14-9-11-20(12-10-14)18(26)23(19(27)21-20)22-16(24)13-28-17(25)8-7-15-5-3-2-4-6-15/h2-8,14H,9-13H2,1H3,(H,21,27)(H,22,24)/b8-7+. The van der Waals surface area contributed by atoms with E-state index in [1.165, 1.54) is 6.08 Å². The summed E-state index contributed by atoms with van der Waals surface area (Å²) in [7, 11) is 0. The Hall–Kier alpha value is -3.16. The second-order valence-corrected chi connectivity index (χ2v) is 7.22. The molecule has 1 saturated carbocycles. The SMILES string of the molecule is CC1CCC2(CC1)NC(=O)N(NC(=O)COC(=O)/C=C/c1ccccc1)C2=O. The highest BCUT2D eigenvalue weighted by Gasteiger charge is 2.52. The number of esters is 1. The van der Waals surface area contributed by atoms with Crippen LogP contribution in [0.25, 0.3) is 6.08 Å². The number of carbonyl (C=O) groups is 4. The van der Waals surface area contributed by atoms with Crippen LogP contribution in [0, 0.1) is 5.92 Å². The van der Waals surface area contributed by atoms with Gasteiger partial charge >= 0.3 is 12.0 Å². The first-order chi connectivity index (χ1) is 13.4. The van der Waals surface area contributed by atoms with Crippen LogP contribution in [-0.4, -0.2) is 41.0 Å². The molecule has 2 N–H and O–H groups in total. The van der Waals surface area contributed by atoms with Gasteiger partial charge in [0.1, 0.15) is 5.54 Å². The Morgan fingerprint density at radius 2 is 1.93 bits per heavy atom. The Bertz CT molecular complexity index is 797. The molecule has 4 amide bonds. The number of imide groups is 1. The number of carbonyl (C=O) groups excluding carboxylic acids is 4. The fourth-order valence-electron chi connectivity index (χ4n) is 3.39. The maximum atomic E-state index is 12.6. The molecule has 3 rings (SSSR count). The van der Waals surface area contributed by atoms with Crippen molar-refractivity contribution >= 4 is 29.9 Å². The molecule has 28 heavy (non-hydrogen) atoms. The van der Waals surface area contributed by atoms with Crippen molar-refractivity contribution in [3.05, 3.63) is 42.0 Å². The van der Waals surface area contributed by atoms with Crippen LogP contribution in [0.3, 0.4) is 0 Å². The summed E-state index contributed by atoms with van der Waals surface area (Å²) in [4.78, 5) is 48.5. The van der Waals surface area contributed by atoms with Crippen molar-refractivity contribution in [1.82, 2.24) is 15.8 Å². The zero-order valence-corrected chi connectivity index (χ0v) is 15.6. The monoisotopic (exact) mass is 385 g/mol. The molecular weight excluding hydrogens is 362 g/mol. The summed E-state index contributed by atoms with van der Waals surface area (Å²) in [6.07, 6.45) is 5.52. The smallest absolute Gasteiger partial charge is 0.344 e. The molecule has 1 aromatic carbocycles. The Labute approximate surface area is 162 Å². The Morgan fingerprint density at radius 3 is 2.61 bits per heavy atom. The van der Waals surface area contributed by atoms with E-state index in [4.69, 9.17) is 4.74 Å². The molecule has 2 aliphatic rings. The van der Waals surface area contributed by atoms with Gasteiger partial charge in [0.05, 0.1) is 0 Å². The first-order valence-electron chi connectivity index (χ1n) is 9.26. The van der Waals surface area contributed by atoms with E-state index in [0.29, 0.717) is 23.8 Å². The van der Waals surface area contributed by atoms with Gasteiger partial charge in [0, 0.05) is 6.08 Å². The molecular formula is C20H23N3O5. The van der Waals surface area contributed by atoms with Crippen LogP contribution < -0.4 is 10.7 Å². The molecule has 1 spiro atoms. The molecule has 8 nitrogen and oxygen atoms in total. The lowest BCUT2D eigenvalue weighted by Gasteiger charge is -2.33. The van der Waals surface area contributed by atoms with E-state index in [9.17, 15) is 19.2 Å². The molecule has 0 aromatic heterocycles. The van der Waals surface area contributed by atoms with Crippen molar-refractivity contribution in [3.63, 3.8) is 0 Å². The Balaban J connectivity index is 1.49. The zero-order chi connectivity index (χ0) is 20.1. The molecule has 0 radical (unpaired) electrons. The molecule has 0 atom stereocenters. The van der Waals surface area contributed by atoms with Crippen molar-refractivity contribution in [2.45, 2.75) is 38.1 Å². The molecule has 1 heterocycles. The van der Waals surface area contributed by atoms with E-state index in [0.717, 1.165) is 18.4 Å². The minimum atomic E-state index is -0.939. The molecule has 1 saturated heterocycles. The van der Waals surface area contributed by atoms with Gasteiger partial charge in [-0.25, -0.2) is 9.59 Å². The number of rotatable bonds is 5. The summed E-state index contributed by atoms with van der Waals surface area (Å²) in [6, 6.07) is 8.48. The second kappa shape index (κ2) is 8.24. The van der Waals surface area contributed by atoms with Gasteiger partial charge in [0.2, 0.25) is 0 Å². The quantitative estimate of drug-likeness (QED) is 0.457. The minimum absolute atomic E-state index is 0.465. The van der Waals surface area contributed by atoms with Crippen LogP contribution in [0.2, 0.25) is 0 Å². The summed E-state index contributed by atoms with van der Waals surface area (Å²) in [6.45, 7) is 1.51. The fourth-order valence-corrected chi connectivity index (χ4v) is 3.39. The van der Waals surface area contributed by atoms with E-state index in [2.05, 4.69) is 17.7 Å². The van der Waals surface area contributed by atoms with Crippen LogP contribution in [-0.2, 0) is 19.1 Å². The zero-order valence-electron chi connectivity index (χ0n) is 15.6. The van der Waals surface area contributed by atoms with E-state index in [-0.39, 0.29) is 0 Å². The van der Waals surface area contributed by atoms with Gasteiger partial charge in [-0.2, -0.15) is 5.01 Å². The summed E-state index contributed by atoms with van der Waals surface area (Å²) in [5.41, 5.74) is 2.10. The molecule has 0 unspecified atom stereocenters. The maximum Gasteiger partial charge on any atom is 0.344 e. The predicted octanol–water partition coefficient (Wildman–Crippen LogP) is 1.77. The van der Waals surface area contributed by atoms with Gasteiger partial charge in [0.25, 0.3) is 11.8 Å². The Kier molecular flexibility index (Phi) is 5.77. The lowest BCUT2D eigenvalue weighted by molar-refractivity contribution is -0.147. The molecule has 1 aliphatic heterocycles. The number of nitrogens with one attached hydrogen (secondary N) is 2. The van der Waals surface area contributed by atoms with Crippen LogP contribution >= 0.6 is 0 Å². The molecule has 8 heteroatoms. The minimum Gasteiger partial charge on any atom is -0.452 e. The predicted molar refractivity (Wildman–Crippen MR) is 100 cm³/mol. The van der Waals surface area contributed by atoms with E-state index in [1.54, 1.807) is 6.08 Å². The number of hydrogen-bond acceptors (Lipinski definition) is 5. The van der Waals surface area contributed by atoms with Crippen LogP contribution in [0.5, 0.6) is 0 Å². The average molecular weight is 385 g/mol. The second-order valence-electron chi connectivity index (χ2n) is 7.22. The van der Waals surface area contributed by atoms with Crippen molar-refractivity contribution < 1.29 is 23.9 Å².